The van der Waals surface area contributed by atoms with Crippen LogP contribution in [0.3, 0.4) is 0 Å². The average Bonchev–Trinajstić information content (AvgIpc) is 1.85. The molecule has 0 radical (unpaired) electrons. The highest BCUT2D eigenvalue weighted by molar-refractivity contribution is 6.26. The fourth-order valence-corrected chi connectivity index (χ4v) is 0.829. The second-order valence-corrected chi connectivity index (χ2v) is 2.60. The smallest absolute Gasteiger partial charge is 0.267 e. The monoisotopic (exact) mass is 157 g/mol. The van der Waals surface area contributed by atoms with E-state index in [0.717, 1.165) is 6.21 Å². The van der Waals surface area contributed by atoms with Gasteiger partial charge in [-0.15, -0.1) is 0 Å². The molecule has 0 aliphatic carbocycles. The predicted octanol–water partition coefficient (Wildman–Crippen LogP) is -0.912. The molecule has 0 fully saturated rings. The first kappa shape index (κ1) is 8.00. The van der Waals surface area contributed by atoms with Crippen LogP contribution in [0.2, 0.25) is 0 Å². The summed E-state index contributed by atoms with van der Waals surface area (Å²) in [6.07, 6.45) is 0.152. The Labute approximate surface area is 64.7 Å². The van der Waals surface area contributed by atoms with Crippen molar-refractivity contribution in [2.24, 2.45) is 5.10 Å². The molecule has 0 bridgehead atoms. The summed E-state index contributed by atoms with van der Waals surface area (Å²) < 4.78 is 0. The molecular formula is C6H11N3O2. The summed E-state index contributed by atoms with van der Waals surface area (Å²) in [4.78, 5) is 10.6. The van der Waals surface area contributed by atoms with Crippen LogP contribution in [0.25, 0.3) is 0 Å². The molecule has 1 aliphatic rings. The van der Waals surface area contributed by atoms with E-state index in [2.05, 4.69) is 10.4 Å². The van der Waals surface area contributed by atoms with Crippen LogP contribution in [0.1, 0.15) is 13.8 Å². The van der Waals surface area contributed by atoms with Crippen molar-refractivity contribution >= 4 is 12.1 Å². The van der Waals surface area contributed by atoms with Crippen LogP contribution in [0.4, 0.5) is 0 Å². The largest absolute Gasteiger partial charge is 0.355 e. The first-order chi connectivity index (χ1) is 5.11. The van der Waals surface area contributed by atoms with Crippen molar-refractivity contribution < 1.29 is 9.90 Å². The number of hydrogen-bond acceptors (Lipinski definition) is 4. The van der Waals surface area contributed by atoms with Gasteiger partial charge in [0.15, 0.2) is 0 Å². The highest BCUT2D eigenvalue weighted by Crippen LogP contribution is 2.03. The van der Waals surface area contributed by atoms with Gasteiger partial charge in [0.2, 0.25) is 6.35 Å². The number of aliphatic hydroxyl groups is 1. The molecule has 0 saturated heterocycles. The standard InChI is InChI=1S/C6H11N3O2/c1-4(2)9-6(11)8-5(10)3-7-9/h3-4,6,11H,1-2H3,(H,8,10). The number of rotatable bonds is 1. The van der Waals surface area contributed by atoms with Crippen molar-refractivity contribution in [3.63, 3.8) is 0 Å². The van der Waals surface area contributed by atoms with Gasteiger partial charge in [-0.05, 0) is 13.8 Å². The van der Waals surface area contributed by atoms with E-state index in [4.69, 9.17) is 0 Å². The Morgan fingerprint density at radius 1 is 1.82 bits per heavy atom. The molecule has 62 valence electrons. The highest BCUT2D eigenvalue weighted by atomic mass is 16.3. The van der Waals surface area contributed by atoms with Crippen LogP contribution in [-0.2, 0) is 4.79 Å². The maximum atomic E-state index is 10.6. The zero-order valence-electron chi connectivity index (χ0n) is 6.48. The SMILES string of the molecule is CC(C)N1N=CC(=O)NC1O. The fourth-order valence-electron chi connectivity index (χ4n) is 0.829. The third kappa shape index (κ3) is 1.68. The lowest BCUT2D eigenvalue weighted by atomic mass is 10.4. The van der Waals surface area contributed by atoms with Crippen molar-refractivity contribution in [1.82, 2.24) is 10.3 Å². The number of carbonyl (C=O) groups excluding carboxylic acids is 1. The van der Waals surface area contributed by atoms with E-state index in [-0.39, 0.29) is 11.9 Å². The molecule has 1 amide bonds. The quantitative estimate of drug-likeness (QED) is 0.518. The molecule has 1 rings (SSSR count). The molecule has 0 aromatic rings. The lowest BCUT2D eigenvalue weighted by molar-refractivity contribution is -0.126. The summed E-state index contributed by atoms with van der Waals surface area (Å²) in [6, 6.07) is 0.0712. The van der Waals surface area contributed by atoms with Crippen LogP contribution in [0.5, 0.6) is 0 Å². The van der Waals surface area contributed by atoms with E-state index < -0.39 is 6.35 Å². The van der Waals surface area contributed by atoms with Gasteiger partial charge in [-0.2, -0.15) is 5.10 Å². The topological polar surface area (TPSA) is 64.9 Å². The molecule has 1 heterocycles. The fraction of sp³-hybridized carbons (Fsp3) is 0.667. The molecule has 5 nitrogen and oxygen atoms in total. The molecule has 0 saturated carbocycles. The van der Waals surface area contributed by atoms with Gasteiger partial charge in [0, 0.05) is 6.04 Å². The van der Waals surface area contributed by atoms with E-state index >= 15 is 0 Å². The minimum absolute atomic E-state index is 0.0712. The number of amides is 1. The number of hydrogen-bond donors (Lipinski definition) is 2. The number of carbonyl (C=O) groups is 1. The summed E-state index contributed by atoms with van der Waals surface area (Å²) in [6.45, 7) is 3.75. The number of hydrazone groups is 1. The molecule has 11 heavy (non-hydrogen) atoms. The Hall–Kier alpha value is -1.10. The van der Waals surface area contributed by atoms with Crippen molar-refractivity contribution in [2.75, 3.05) is 0 Å². The molecule has 0 spiro atoms. The van der Waals surface area contributed by atoms with Crippen LogP contribution >= 0.6 is 0 Å². The second kappa shape index (κ2) is 2.87. The molecule has 1 atom stereocenters. The van der Waals surface area contributed by atoms with E-state index in [0.29, 0.717) is 0 Å². The maximum absolute atomic E-state index is 10.6. The third-order valence-electron chi connectivity index (χ3n) is 1.36. The van der Waals surface area contributed by atoms with E-state index in [1.165, 1.54) is 5.01 Å². The van der Waals surface area contributed by atoms with Gasteiger partial charge in [0.05, 0.1) is 0 Å². The van der Waals surface area contributed by atoms with Crippen molar-refractivity contribution in [3.05, 3.63) is 0 Å². The van der Waals surface area contributed by atoms with E-state index in [1.807, 2.05) is 13.8 Å². The molecule has 1 aliphatic heterocycles. The maximum Gasteiger partial charge on any atom is 0.267 e. The number of nitrogens with one attached hydrogen (secondary N) is 1. The van der Waals surface area contributed by atoms with Gasteiger partial charge < -0.3 is 10.4 Å². The zero-order chi connectivity index (χ0) is 8.43. The molecule has 0 aromatic heterocycles. The summed E-state index contributed by atoms with van der Waals surface area (Å²) in [7, 11) is 0. The summed E-state index contributed by atoms with van der Waals surface area (Å²) in [5.74, 6) is -0.366. The highest BCUT2D eigenvalue weighted by Gasteiger charge is 2.21. The second-order valence-electron chi connectivity index (χ2n) is 2.60. The summed E-state index contributed by atoms with van der Waals surface area (Å²) >= 11 is 0. The number of aliphatic hydroxyl groups excluding tert-OH is 1. The minimum Gasteiger partial charge on any atom is -0.355 e. The van der Waals surface area contributed by atoms with Crippen LogP contribution < -0.4 is 5.32 Å². The molecule has 0 aromatic carbocycles. The Bertz CT molecular complexity index is 190. The minimum atomic E-state index is -0.993. The van der Waals surface area contributed by atoms with Gasteiger partial charge in [0.25, 0.3) is 5.91 Å². The first-order valence-corrected chi connectivity index (χ1v) is 3.42. The Kier molecular flexibility index (Phi) is 2.09. The summed E-state index contributed by atoms with van der Waals surface area (Å²) in [5, 5.41) is 16.6. The van der Waals surface area contributed by atoms with E-state index in [9.17, 15) is 9.90 Å². The van der Waals surface area contributed by atoms with Gasteiger partial charge in [0.1, 0.15) is 6.21 Å². The molecule has 1 unspecified atom stereocenters. The van der Waals surface area contributed by atoms with Crippen molar-refractivity contribution in [1.29, 1.82) is 0 Å². The predicted molar refractivity (Wildman–Crippen MR) is 39.6 cm³/mol. The molecule has 2 N–H and O–H groups in total. The van der Waals surface area contributed by atoms with Gasteiger partial charge in [-0.3, -0.25) is 4.79 Å². The Balaban J connectivity index is 2.68. The summed E-state index contributed by atoms with van der Waals surface area (Å²) in [5.41, 5.74) is 0. The first-order valence-electron chi connectivity index (χ1n) is 3.42. The normalized spacial score (nSPS) is 24.2. The van der Waals surface area contributed by atoms with Crippen molar-refractivity contribution in [3.8, 4) is 0 Å². The van der Waals surface area contributed by atoms with Crippen LogP contribution in [0.15, 0.2) is 5.10 Å². The molecule has 5 heteroatoms. The molecular weight excluding hydrogens is 146 g/mol. The number of nitrogens with zero attached hydrogens (tertiary/aromatic N) is 2. The van der Waals surface area contributed by atoms with Crippen LogP contribution in [0, 0.1) is 0 Å². The third-order valence-corrected chi connectivity index (χ3v) is 1.36. The van der Waals surface area contributed by atoms with Crippen molar-refractivity contribution in [2.45, 2.75) is 26.2 Å². The van der Waals surface area contributed by atoms with Gasteiger partial charge >= 0.3 is 0 Å². The van der Waals surface area contributed by atoms with Gasteiger partial charge in [-0.25, -0.2) is 5.01 Å². The zero-order valence-corrected chi connectivity index (χ0v) is 6.48. The lowest BCUT2D eigenvalue weighted by Gasteiger charge is -2.30. The average molecular weight is 157 g/mol. The lowest BCUT2D eigenvalue weighted by Crippen LogP contribution is -2.52. The Morgan fingerprint density at radius 2 is 2.45 bits per heavy atom. The van der Waals surface area contributed by atoms with Gasteiger partial charge in [-0.1, -0.05) is 0 Å². The van der Waals surface area contributed by atoms with E-state index in [1.54, 1.807) is 0 Å². The Morgan fingerprint density at radius 3 is 2.91 bits per heavy atom. The van der Waals surface area contributed by atoms with Crippen LogP contribution in [-0.4, -0.2) is 34.6 Å².